The minimum atomic E-state index is -0.0901. The van der Waals surface area contributed by atoms with E-state index in [2.05, 4.69) is 22.8 Å². The molecule has 0 spiro atoms. The molecule has 0 aliphatic rings. The first-order valence-electron chi connectivity index (χ1n) is 8.52. The Morgan fingerprint density at radius 2 is 1.73 bits per heavy atom. The summed E-state index contributed by atoms with van der Waals surface area (Å²) in [5.41, 5.74) is 1.89. The van der Waals surface area contributed by atoms with Crippen molar-refractivity contribution in [1.29, 1.82) is 0 Å². The number of aryl methyl sites for hydroxylation is 1. The summed E-state index contributed by atoms with van der Waals surface area (Å²) in [4.78, 5) is 24.9. The molecular weight excluding hydrogens is 364 g/mol. The zero-order chi connectivity index (χ0) is 18.6. The van der Waals surface area contributed by atoms with Gasteiger partial charge in [-0.15, -0.1) is 23.5 Å². The van der Waals surface area contributed by atoms with Gasteiger partial charge >= 0.3 is 0 Å². The zero-order valence-electron chi connectivity index (χ0n) is 14.9. The Kier molecular flexibility index (Phi) is 9.14. The minimum Gasteiger partial charge on any atom is -0.355 e. The molecule has 0 saturated heterocycles. The molecule has 4 nitrogen and oxygen atoms in total. The van der Waals surface area contributed by atoms with Gasteiger partial charge in [-0.25, -0.2) is 0 Å². The molecule has 2 amide bonds. The van der Waals surface area contributed by atoms with Gasteiger partial charge in [0.2, 0.25) is 11.8 Å². The minimum absolute atomic E-state index is 0.0249. The normalized spacial score (nSPS) is 10.3. The monoisotopic (exact) mass is 388 g/mol. The maximum Gasteiger partial charge on any atom is 0.234 e. The topological polar surface area (TPSA) is 58.2 Å². The van der Waals surface area contributed by atoms with E-state index in [1.54, 1.807) is 11.8 Å². The van der Waals surface area contributed by atoms with Crippen LogP contribution in [0.4, 0.5) is 5.69 Å². The van der Waals surface area contributed by atoms with Crippen LogP contribution in [0.2, 0.25) is 0 Å². The van der Waals surface area contributed by atoms with Gasteiger partial charge in [-0.05, 0) is 48.9 Å². The highest BCUT2D eigenvalue weighted by Gasteiger charge is 2.06. The van der Waals surface area contributed by atoms with Crippen molar-refractivity contribution < 1.29 is 9.59 Å². The summed E-state index contributed by atoms with van der Waals surface area (Å²) in [5, 5.41) is 5.73. The standard InChI is InChI=1S/C20H24N2O2S2/c1-16-7-5-8-17(13-16)22-20(24)15-25-14-19(23)21-11-6-12-26-18-9-3-2-4-10-18/h2-5,7-10,13H,6,11-12,14-15H2,1H3,(H,21,23)(H,22,24). The fourth-order valence-electron chi connectivity index (χ4n) is 2.21. The van der Waals surface area contributed by atoms with Crippen LogP contribution in [0.3, 0.4) is 0 Å². The molecule has 26 heavy (non-hydrogen) atoms. The van der Waals surface area contributed by atoms with E-state index in [-0.39, 0.29) is 17.6 Å². The molecule has 0 heterocycles. The molecule has 0 fully saturated rings. The second-order valence-corrected chi connectivity index (χ2v) is 7.93. The van der Waals surface area contributed by atoms with Gasteiger partial charge in [0.25, 0.3) is 0 Å². The van der Waals surface area contributed by atoms with E-state index >= 15 is 0 Å². The summed E-state index contributed by atoms with van der Waals surface area (Å²) < 4.78 is 0. The first-order valence-corrected chi connectivity index (χ1v) is 10.7. The molecule has 0 saturated carbocycles. The van der Waals surface area contributed by atoms with Gasteiger partial charge in [0.05, 0.1) is 11.5 Å². The van der Waals surface area contributed by atoms with Crippen molar-refractivity contribution in [3.05, 3.63) is 60.2 Å². The second-order valence-electron chi connectivity index (χ2n) is 5.78. The van der Waals surface area contributed by atoms with Crippen molar-refractivity contribution >= 4 is 41.0 Å². The third-order valence-corrected chi connectivity index (χ3v) is 5.45. The highest BCUT2D eigenvalue weighted by molar-refractivity contribution is 8.00. The summed E-state index contributed by atoms with van der Waals surface area (Å²) in [6.07, 6.45) is 0.920. The van der Waals surface area contributed by atoms with Crippen molar-refractivity contribution in [2.45, 2.75) is 18.2 Å². The number of rotatable bonds is 10. The fraction of sp³-hybridized carbons (Fsp3) is 0.300. The lowest BCUT2D eigenvalue weighted by Crippen LogP contribution is -2.27. The molecule has 0 aliphatic carbocycles. The van der Waals surface area contributed by atoms with Gasteiger partial charge in [-0.3, -0.25) is 9.59 Å². The molecule has 2 aromatic rings. The first kappa shape index (κ1) is 20.4. The van der Waals surface area contributed by atoms with Gasteiger partial charge in [-0.1, -0.05) is 30.3 Å². The Bertz CT molecular complexity index is 708. The highest BCUT2D eigenvalue weighted by atomic mass is 32.2. The van der Waals surface area contributed by atoms with Gasteiger partial charge in [0.1, 0.15) is 0 Å². The van der Waals surface area contributed by atoms with Gasteiger partial charge in [0, 0.05) is 17.1 Å². The average molecular weight is 389 g/mol. The predicted octanol–water partition coefficient (Wildman–Crippen LogP) is 3.97. The van der Waals surface area contributed by atoms with Gasteiger partial charge in [-0.2, -0.15) is 0 Å². The number of benzene rings is 2. The Balaban J connectivity index is 1.51. The lowest BCUT2D eigenvalue weighted by molar-refractivity contribution is -0.118. The largest absolute Gasteiger partial charge is 0.355 e. The third-order valence-electron chi connectivity index (χ3n) is 3.42. The van der Waals surface area contributed by atoms with E-state index in [9.17, 15) is 9.59 Å². The number of nitrogens with one attached hydrogen (secondary N) is 2. The lowest BCUT2D eigenvalue weighted by atomic mass is 10.2. The van der Waals surface area contributed by atoms with Crippen LogP contribution in [0.5, 0.6) is 0 Å². The lowest BCUT2D eigenvalue weighted by Gasteiger charge is -2.07. The average Bonchev–Trinajstić information content (AvgIpc) is 2.62. The van der Waals surface area contributed by atoms with Crippen LogP contribution >= 0.6 is 23.5 Å². The van der Waals surface area contributed by atoms with E-state index < -0.39 is 0 Å². The van der Waals surface area contributed by atoms with Crippen molar-refractivity contribution in [2.75, 3.05) is 29.1 Å². The second kappa shape index (κ2) is 11.6. The molecule has 0 radical (unpaired) electrons. The molecule has 0 atom stereocenters. The Labute approximate surface area is 163 Å². The van der Waals surface area contributed by atoms with Crippen LogP contribution in [0, 0.1) is 6.92 Å². The molecule has 2 rings (SSSR count). The van der Waals surface area contributed by atoms with Crippen LogP contribution in [-0.2, 0) is 9.59 Å². The number of amides is 2. The van der Waals surface area contributed by atoms with E-state index in [1.807, 2.05) is 49.4 Å². The Morgan fingerprint density at radius 3 is 2.50 bits per heavy atom. The third kappa shape index (κ3) is 8.45. The van der Waals surface area contributed by atoms with Crippen molar-refractivity contribution in [1.82, 2.24) is 5.32 Å². The highest BCUT2D eigenvalue weighted by Crippen LogP contribution is 2.17. The van der Waals surface area contributed by atoms with Crippen molar-refractivity contribution in [2.24, 2.45) is 0 Å². The Hall–Kier alpha value is -1.92. The summed E-state index contributed by atoms with van der Waals surface area (Å²) in [7, 11) is 0. The molecule has 0 unspecified atom stereocenters. The molecule has 0 bridgehead atoms. The van der Waals surface area contributed by atoms with E-state index in [0.717, 1.165) is 23.4 Å². The van der Waals surface area contributed by atoms with Crippen LogP contribution in [0.15, 0.2) is 59.5 Å². The van der Waals surface area contributed by atoms with Crippen LogP contribution in [0.1, 0.15) is 12.0 Å². The number of thioether (sulfide) groups is 2. The molecule has 0 aliphatic heterocycles. The van der Waals surface area contributed by atoms with E-state index in [4.69, 9.17) is 0 Å². The number of carbonyl (C=O) groups is 2. The summed E-state index contributed by atoms with van der Waals surface area (Å²) in [5.74, 6) is 1.42. The smallest absolute Gasteiger partial charge is 0.234 e. The fourth-order valence-corrected chi connectivity index (χ4v) is 3.74. The maximum atomic E-state index is 11.9. The van der Waals surface area contributed by atoms with Gasteiger partial charge < -0.3 is 10.6 Å². The van der Waals surface area contributed by atoms with Crippen LogP contribution in [-0.4, -0.2) is 35.6 Å². The number of anilines is 1. The first-order chi connectivity index (χ1) is 12.6. The molecule has 0 aromatic heterocycles. The molecule has 2 aromatic carbocycles. The van der Waals surface area contributed by atoms with E-state index in [1.165, 1.54) is 16.7 Å². The van der Waals surface area contributed by atoms with E-state index in [0.29, 0.717) is 12.3 Å². The van der Waals surface area contributed by atoms with Crippen molar-refractivity contribution in [3.63, 3.8) is 0 Å². The quantitative estimate of drug-likeness (QED) is 0.478. The number of hydrogen-bond acceptors (Lipinski definition) is 4. The summed E-state index contributed by atoms with van der Waals surface area (Å²) in [6, 6.07) is 17.9. The van der Waals surface area contributed by atoms with Crippen molar-refractivity contribution in [3.8, 4) is 0 Å². The van der Waals surface area contributed by atoms with Gasteiger partial charge in [0.15, 0.2) is 0 Å². The molecule has 6 heteroatoms. The Morgan fingerprint density at radius 1 is 0.962 bits per heavy atom. The molecular formula is C20H24N2O2S2. The SMILES string of the molecule is Cc1cccc(NC(=O)CSCC(=O)NCCCSc2ccccc2)c1. The summed E-state index contributed by atoms with van der Waals surface area (Å²) in [6.45, 7) is 2.64. The number of hydrogen-bond donors (Lipinski definition) is 2. The van der Waals surface area contributed by atoms with Crippen LogP contribution in [0.25, 0.3) is 0 Å². The predicted molar refractivity (Wildman–Crippen MR) is 112 cm³/mol. The molecule has 138 valence electrons. The zero-order valence-corrected chi connectivity index (χ0v) is 16.5. The molecule has 2 N–H and O–H groups in total. The maximum absolute atomic E-state index is 11.9. The summed E-state index contributed by atoms with van der Waals surface area (Å²) >= 11 is 3.11. The number of carbonyl (C=O) groups excluding carboxylic acids is 2. The van der Waals surface area contributed by atoms with Crippen LogP contribution < -0.4 is 10.6 Å².